The van der Waals surface area contributed by atoms with Crippen LogP contribution in [0.5, 0.6) is 5.75 Å². The second-order valence-corrected chi connectivity index (χ2v) is 6.84. The van der Waals surface area contributed by atoms with Crippen molar-refractivity contribution in [2.45, 2.75) is 45.9 Å². The van der Waals surface area contributed by atoms with Gasteiger partial charge in [-0.25, -0.2) is 4.79 Å². The number of nitrogens with zero attached hydrogens (tertiary/aromatic N) is 1. The van der Waals surface area contributed by atoms with Crippen LogP contribution < -0.4 is 10.1 Å². The van der Waals surface area contributed by atoms with E-state index in [2.05, 4.69) is 10.1 Å². The van der Waals surface area contributed by atoms with Gasteiger partial charge in [0.2, 0.25) is 0 Å². The summed E-state index contributed by atoms with van der Waals surface area (Å²) in [4.78, 5) is 13.8. The summed E-state index contributed by atoms with van der Waals surface area (Å²) in [5, 5.41) is 3.29. The third-order valence-corrected chi connectivity index (χ3v) is 3.66. The highest BCUT2D eigenvalue weighted by molar-refractivity contribution is 5.68. The van der Waals surface area contributed by atoms with Crippen LogP contribution >= 0.6 is 0 Å². The van der Waals surface area contributed by atoms with Gasteiger partial charge in [0.25, 0.3) is 0 Å². The topological polar surface area (TPSA) is 50.8 Å². The third kappa shape index (κ3) is 5.06. The lowest BCUT2D eigenvalue weighted by molar-refractivity contribution is -0.0503. The molecule has 1 amide bonds. The van der Waals surface area contributed by atoms with E-state index < -0.39 is 12.2 Å². The van der Waals surface area contributed by atoms with E-state index in [-0.39, 0.29) is 17.9 Å². The number of nitrogens with one attached hydrogen (secondary N) is 1. The molecule has 1 aromatic rings. The summed E-state index contributed by atoms with van der Waals surface area (Å²) in [5.41, 5.74) is 0.878. The number of hydrogen-bond donors (Lipinski definition) is 1. The Labute approximate surface area is 140 Å². The van der Waals surface area contributed by atoms with Crippen LogP contribution in [0.2, 0.25) is 0 Å². The van der Waals surface area contributed by atoms with Crippen molar-refractivity contribution in [3.63, 3.8) is 0 Å². The zero-order chi connectivity index (χ0) is 17.9. The van der Waals surface area contributed by atoms with Gasteiger partial charge in [0.05, 0.1) is 6.04 Å². The molecule has 1 atom stereocenters. The number of halogens is 2. The molecule has 2 rings (SSSR count). The van der Waals surface area contributed by atoms with Crippen LogP contribution in [0, 0.1) is 6.92 Å². The molecule has 1 aliphatic rings. The Hall–Kier alpha value is -1.89. The van der Waals surface area contributed by atoms with E-state index in [0.717, 1.165) is 5.56 Å². The predicted octanol–water partition coefficient (Wildman–Crippen LogP) is 3.48. The second-order valence-electron chi connectivity index (χ2n) is 6.84. The van der Waals surface area contributed by atoms with Gasteiger partial charge >= 0.3 is 12.7 Å². The third-order valence-electron chi connectivity index (χ3n) is 3.66. The number of ether oxygens (including phenoxy) is 2. The van der Waals surface area contributed by atoms with E-state index in [1.54, 1.807) is 24.0 Å². The highest BCUT2D eigenvalue weighted by Gasteiger charge is 2.28. The molecule has 0 saturated carbocycles. The lowest BCUT2D eigenvalue weighted by Gasteiger charge is -2.35. The quantitative estimate of drug-likeness (QED) is 0.914. The van der Waals surface area contributed by atoms with Gasteiger partial charge < -0.3 is 19.7 Å². The Morgan fingerprint density at radius 2 is 2.08 bits per heavy atom. The highest BCUT2D eigenvalue weighted by Crippen LogP contribution is 2.27. The van der Waals surface area contributed by atoms with Gasteiger partial charge in [0.1, 0.15) is 11.4 Å². The highest BCUT2D eigenvalue weighted by atomic mass is 19.3. The van der Waals surface area contributed by atoms with E-state index in [9.17, 15) is 13.6 Å². The maximum atomic E-state index is 12.5. The fourth-order valence-electron chi connectivity index (χ4n) is 2.52. The number of rotatable bonds is 3. The lowest BCUT2D eigenvalue weighted by atomic mass is 10.0. The molecule has 0 aromatic heterocycles. The number of carbonyl (C=O) groups is 1. The average molecular weight is 342 g/mol. The van der Waals surface area contributed by atoms with Crippen molar-refractivity contribution in [2.75, 3.05) is 19.6 Å². The van der Waals surface area contributed by atoms with Gasteiger partial charge in [0.15, 0.2) is 0 Å². The predicted molar refractivity (Wildman–Crippen MR) is 86.4 cm³/mol. The molecule has 1 heterocycles. The smallest absolute Gasteiger partial charge is 0.410 e. The normalized spacial score (nSPS) is 18.6. The Bertz CT molecular complexity index is 588. The molecule has 1 N–H and O–H groups in total. The van der Waals surface area contributed by atoms with Crippen LogP contribution in [-0.2, 0) is 4.74 Å². The summed E-state index contributed by atoms with van der Waals surface area (Å²) in [6.45, 7) is 5.85. The maximum absolute atomic E-state index is 12.5. The second kappa shape index (κ2) is 7.34. The van der Waals surface area contributed by atoms with Gasteiger partial charge in [0, 0.05) is 19.6 Å². The van der Waals surface area contributed by atoms with Gasteiger partial charge in [-0.3, -0.25) is 0 Å². The number of hydrogen-bond acceptors (Lipinski definition) is 4. The molecule has 24 heavy (non-hydrogen) atoms. The molecule has 1 saturated heterocycles. The Morgan fingerprint density at radius 1 is 1.38 bits per heavy atom. The number of benzene rings is 1. The van der Waals surface area contributed by atoms with Crippen molar-refractivity contribution in [2.24, 2.45) is 0 Å². The van der Waals surface area contributed by atoms with Crippen molar-refractivity contribution in [1.82, 2.24) is 10.2 Å². The Kier molecular flexibility index (Phi) is 5.64. The number of aryl methyl sites for hydroxylation is 1. The summed E-state index contributed by atoms with van der Waals surface area (Å²) >= 11 is 0. The minimum absolute atomic E-state index is 0.152. The molecular weight excluding hydrogens is 318 g/mol. The fraction of sp³-hybridized carbons (Fsp3) is 0.588. The molecule has 0 radical (unpaired) electrons. The molecule has 1 aliphatic heterocycles. The summed E-state index contributed by atoms with van der Waals surface area (Å²) in [7, 11) is 0. The molecule has 7 heteroatoms. The van der Waals surface area contributed by atoms with Gasteiger partial charge in [-0.05, 0) is 44.9 Å². The molecule has 1 fully saturated rings. The molecule has 0 spiro atoms. The molecule has 1 aromatic carbocycles. The minimum Gasteiger partial charge on any atom is -0.444 e. The average Bonchev–Trinajstić information content (AvgIpc) is 2.47. The first-order valence-electron chi connectivity index (χ1n) is 7.92. The van der Waals surface area contributed by atoms with Crippen LogP contribution in [0.25, 0.3) is 0 Å². The zero-order valence-corrected chi connectivity index (χ0v) is 14.4. The summed E-state index contributed by atoms with van der Waals surface area (Å²) in [6, 6.07) is 5.02. The van der Waals surface area contributed by atoms with Crippen LogP contribution in [-0.4, -0.2) is 42.8 Å². The SMILES string of the molecule is Cc1ccc(C2CN(C(=O)OC(C)(C)C)CCN2)cc1OC(F)F. The first kappa shape index (κ1) is 18.4. The number of alkyl halides is 2. The zero-order valence-electron chi connectivity index (χ0n) is 14.4. The largest absolute Gasteiger partial charge is 0.444 e. The molecule has 134 valence electrons. The van der Waals surface area contributed by atoms with Crippen molar-refractivity contribution in [3.05, 3.63) is 29.3 Å². The molecule has 5 nitrogen and oxygen atoms in total. The molecular formula is C17H24F2N2O3. The number of carbonyl (C=O) groups excluding carboxylic acids is 1. The Morgan fingerprint density at radius 3 is 2.71 bits per heavy atom. The van der Waals surface area contributed by atoms with E-state index in [0.29, 0.717) is 25.2 Å². The minimum atomic E-state index is -2.86. The van der Waals surface area contributed by atoms with E-state index in [1.807, 2.05) is 26.8 Å². The summed E-state index contributed by atoms with van der Waals surface area (Å²) in [5.74, 6) is 0.152. The number of piperazine rings is 1. The summed E-state index contributed by atoms with van der Waals surface area (Å²) < 4.78 is 34.9. The van der Waals surface area contributed by atoms with Crippen LogP contribution in [0.4, 0.5) is 13.6 Å². The first-order valence-corrected chi connectivity index (χ1v) is 7.92. The van der Waals surface area contributed by atoms with Crippen LogP contribution in [0.1, 0.15) is 37.9 Å². The molecule has 0 aliphatic carbocycles. The van der Waals surface area contributed by atoms with Gasteiger partial charge in [-0.1, -0.05) is 12.1 Å². The van der Waals surface area contributed by atoms with Crippen molar-refractivity contribution < 1.29 is 23.0 Å². The van der Waals surface area contributed by atoms with Crippen molar-refractivity contribution >= 4 is 6.09 Å². The van der Waals surface area contributed by atoms with Crippen LogP contribution in [0.3, 0.4) is 0 Å². The van der Waals surface area contributed by atoms with Gasteiger partial charge in [-0.15, -0.1) is 0 Å². The molecule has 1 unspecified atom stereocenters. The van der Waals surface area contributed by atoms with Gasteiger partial charge in [-0.2, -0.15) is 8.78 Å². The maximum Gasteiger partial charge on any atom is 0.410 e. The fourth-order valence-corrected chi connectivity index (χ4v) is 2.52. The van der Waals surface area contributed by atoms with E-state index in [1.165, 1.54) is 0 Å². The monoisotopic (exact) mass is 342 g/mol. The number of amides is 1. The Balaban J connectivity index is 2.10. The van der Waals surface area contributed by atoms with Crippen LogP contribution in [0.15, 0.2) is 18.2 Å². The lowest BCUT2D eigenvalue weighted by Crippen LogP contribution is -2.49. The molecule has 0 bridgehead atoms. The standard InChI is InChI=1S/C17H24F2N2O3/c1-11-5-6-12(9-14(11)23-15(18)19)13-10-21(8-7-20-13)16(22)24-17(2,3)4/h5-6,9,13,15,20H,7-8,10H2,1-4H3. The van der Waals surface area contributed by atoms with Crippen molar-refractivity contribution in [1.29, 1.82) is 0 Å². The summed E-state index contributed by atoms with van der Waals surface area (Å²) in [6.07, 6.45) is -0.370. The first-order chi connectivity index (χ1) is 11.2. The van der Waals surface area contributed by atoms with E-state index in [4.69, 9.17) is 4.74 Å². The van der Waals surface area contributed by atoms with Crippen molar-refractivity contribution in [3.8, 4) is 5.75 Å². The van der Waals surface area contributed by atoms with E-state index >= 15 is 0 Å².